The van der Waals surface area contributed by atoms with Gasteiger partial charge in [-0.3, -0.25) is 15.6 Å². The maximum absolute atomic E-state index is 11.9. The second-order valence-electron chi connectivity index (χ2n) is 8.88. The van der Waals surface area contributed by atoms with E-state index in [0.29, 0.717) is 29.6 Å². The van der Waals surface area contributed by atoms with Crippen molar-refractivity contribution < 1.29 is 16.7 Å². The van der Waals surface area contributed by atoms with Crippen LogP contribution in [0.1, 0.15) is 50.1 Å². The lowest BCUT2D eigenvalue weighted by molar-refractivity contribution is -0.121. The van der Waals surface area contributed by atoms with E-state index in [2.05, 4.69) is 25.5 Å². The van der Waals surface area contributed by atoms with E-state index in [9.17, 15) is 4.79 Å². The van der Waals surface area contributed by atoms with Crippen LogP contribution in [0.15, 0.2) is 30.5 Å². The Morgan fingerprint density at radius 3 is 2.71 bits per heavy atom. The highest BCUT2D eigenvalue weighted by atomic mass is 16.5. The van der Waals surface area contributed by atoms with E-state index in [1.165, 1.54) is 0 Å². The molecule has 1 aliphatic carbocycles. The van der Waals surface area contributed by atoms with Crippen LogP contribution in [-0.4, -0.2) is 53.8 Å². The highest BCUT2D eigenvalue weighted by molar-refractivity contribution is 6.05. The first-order chi connectivity index (χ1) is 16.4. The van der Waals surface area contributed by atoms with E-state index in [-0.39, 0.29) is 42.4 Å². The Morgan fingerprint density at radius 2 is 2.00 bits per heavy atom. The summed E-state index contributed by atoms with van der Waals surface area (Å²) in [5.74, 6) is 1.17. The second-order valence-corrected chi connectivity index (χ2v) is 8.88. The summed E-state index contributed by atoms with van der Waals surface area (Å²) in [6.07, 6.45) is 4.17. The van der Waals surface area contributed by atoms with Crippen LogP contribution in [0, 0.1) is 22.7 Å². The summed E-state index contributed by atoms with van der Waals surface area (Å²) in [5.41, 5.74) is 7.76. The Bertz CT molecular complexity index is 1090. The van der Waals surface area contributed by atoms with E-state index < -0.39 is 0 Å². The molecule has 0 radical (unpaired) electrons. The van der Waals surface area contributed by atoms with Gasteiger partial charge in [0, 0.05) is 50.7 Å². The van der Waals surface area contributed by atoms with Crippen LogP contribution in [-0.2, 0) is 16.1 Å². The average Bonchev–Trinajstić information content (AvgIpc) is 3.41. The number of hydrogen-bond donors (Lipinski definition) is 5. The number of carbonyl (C=O) groups excluding carboxylic acids is 1. The fourth-order valence-corrected chi connectivity index (χ4v) is 4.84. The predicted molar refractivity (Wildman–Crippen MR) is 142 cm³/mol. The molecule has 6 N–H and O–H groups in total. The minimum atomic E-state index is -0.316. The van der Waals surface area contributed by atoms with Crippen LogP contribution in [0.25, 0.3) is 0 Å². The highest BCUT2D eigenvalue weighted by Gasteiger charge is 2.43. The molecule has 3 atom stereocenters. The van der Waals surface area contributed by atoms with Gasteiger partial charge in [-0.15, -0.1) is 0 Å². The summed E-state index contributed by atoms with van der Waals surface area (Å²) in [7, 11) is 1.87. The van der Waals surface area contributed by atoms with Gasteiger partial charge in [0.25, 0.3) is 0 Å². The van der Waals surface area contributed by atoms with Crippen LogP contribution in [0.2, 0.25) is 0 Å². The number of nitrogens with zero attached hydrogens (tertiary/aromatic N) is 3. The standard InChI is InChI=1S/C24H32N8O2.5H2/c1-3-20(33)30-18-9-8-16-12-32(13-17(16)18)19-11-29-22(25)21(31-19)24(27)34-23(26)15-6-4-14(5-7-15)10-28-2;;;;;/h4-7,11,16-18,26-28H,3,8-10,12-13H2,1-2H3,(H2,25,29)(H,30,33);5*1H/t16?,17-,18?;;;;;/m0...../s1. The molecule has 4 rings (SSSR count). The van der Waals surface area contributed by atoms with Gasteiger partial charge in [0.2, 0.25) is 17.7 Å². The summed E-state index contributed by atoms with van der Waals surface area (Å²) < 4.78 is 5.47. The molecule has 1 aromatic heterocycles. The minimum absolute atomic E-state index is 0. The summed E-state index contributed by atoms with van der Waals surface area (Å²) >= 11 is 0. The fraction of sp³-hybridized carbons (Fsp3) is 0.458. The maximum atomic E-state index is 11.9. The lowest BCUT2D eigenvalue weighted by Crippen LogP contribution is -2.39. The van der Waals surface area contributed by atoms with Gasteiger partial charge >= 0.3 is 0 Å². The quantitative estimate of drug-likeness (QED) is 0.305. The van der Waals surface area contributed by atoms with Crippen LogP contribution in [0.3, 0.4) is 0 Å². The monoisotopic (exact) mass is 474 g/mol. The Labute approximate surface area is 206 Å². The lowest BCUT2D eigenvalue weighted by atomic mass is 9.98. The number of carbonyl (C=O) groups is 1. The Kier molecular flexibility index (Phi) is 7.06. The van der Waals surface area contributed by atoms with Crippen LogP contribution >= 0.6 is 0 Å². The highest BCUT2D eigenvalue weighted by Crippen LogP contribution is 2.39. The first-order valence-electron chi connectivity index (χ1n) is 11.7. The third-order valence-electron chi connectivity index (χ3n) is 6.65. The molecule has 2 heterocycles. The van der Waals surface area contributed by atoms with Gasteiger partial charge in [0.15, 0.2) is 11.5 Å². The molecule has 2 unspecified atom stereocenters. The SMILES string of the molecule is CCC(=O)NC1CCC2CN(c3cnc(N)c(C(=N)OC(=N)c4ccc(CNC)cc4)n3)C[C@@H]21.[HH].[HH].[HH].[HH].[HH]. The number of rotatable bonds is 7. The molecule has 10 heteroatoms. The minimum Gasteiger partial charge on any atom is -0.419 e. The number of anilines is 2. The Hall–Kier alpha value is -3.53. The average molecular weight is 475 g/mol. The number of fused-ring (bicyclic) bond motifs is 1. The molecule has 2 fully saturated rings. The van der Waals surface area contributed by atoms with Gasteiger partial charge in [-0.25, -0.2) is 9.97 Å². The van der Waals surface area contributed by atoms with Gasteiger partial charge < -0.3 is 26.0 Å². The Balaban J connectivity index is 0. The largest absolute Gasteiger partial charge is 0.419 e. The number of hydrogen-bond acceptors (Lipinski definition) is 9. The smallest absolute Gasteiger partial charge is 0.243 e. The molecule has 1 aromatic carbocycles. The van der Waals surface area contributed by atoms with Gasteiger partial charge in [-0.1, -0.05) is 19.1 Å². The van der Waals surface area contributed by atoms with Crippen molar-refractivity contribution >= 4 is 29.3 Å². The first-order valence-corrected chi connectivity index (χ1v) is 11.7. The molecular weight excluding hydrogens is 432 g/mol. The second kappa shape index (κ2) is 10.2. The summed E-state index contributed by atoms with van der Waals surface area (Å²) in [5, 5.41) is 22.8. The maximum Gasteiger partial charge on any atom is 0.243 e. The molecule has 2 aliphatic rings. The van der Waals surface area contributed by atoms with Crippen LogP contribution < -0.4 is 21.3 Å². The van der Waals surface area contributed by atoms with Crippen molar-refractivity contribution in [1.82, 2.24) is 20.6 Å². The Morgan fingerprint density at radius 1 is 1.24 bits per heavy atom. The van der Waals surface area contributed by atoms with Crippen molar-refractivity contribution in [2.45, 2.75) is 38.8 Å². The molecule has 10 nitrogen and oxygen atoms in total. The topological polar surface area (TPSA) is 153 Å². The molecule has 1 saturated heterocycles. The number of nitrogens with two attached hydrogens (primary N) is 1. The van der Waals surface area contributed by atoms with E-state index in [1.807, 2.05) is 26.1 Å². The zero-order valence-corrected chi connectivity index (χ0v) is 19.6. The van der Waals surface area contributed by atoms with Crippen molar-refractivity contribution in [1.29, 1.82) is 10.8 Å². The lowest BCUT2D eigenvalue weighted by Gasteiger charge is -2.22. The van der Waals surface area contributed by atoms with Crippen LogP contribution in [0.5, 0.6) is 0 Å². The van der Waals surface area contributed by atoms with E-state index in [4.69, 9.17) is 21.3 Å². The van der Waals surface area contributed by atoms with Crippen molar-refractivity contribution in [3.05, 3.63) is 47.3 Å². The summed E-state index contributed by atoms with van der Waals surface area (Å²) in [6.45, 7) is 4.18. The van der Waals surface area contributed by atoms with Gasteiger partial charge in [0.05, 0.1) is 6.20 Å². The van der Waals surface area contributed by atoms with E-state index >= 15 is 0 Å². The molecule has 1 amide bonds. The van der Waals surface area contributed by atoms with Gasteiger partial charge in [0.1, 0.15) is 5.82 Å². The number of ether oxygens (including phenoxy) is 1. The van der Waals surface area contributed by atoms with Crippen LogP contribution in [0.4, 0.5) is 11.6 Å². The van der Waals surface area contributed by atoms with Crippen molar-refractivity contribution in [2.24, 2.45) is 11.8 Å². The number of benzene rings is 1. The van der Waals surface area contributed by atoms with Gasteiger partial charge in [-0.2, -0.15) is 0 Å². The number of amides is 1. The molecular formula is C24H42N8O2. The van der Waals surface area contributed by atoms with Crippen molar-refractivity contribution in [3.63, 3.8) is 0 Å². The third kappa shape index (κ3) is 5.01. The van der Waals surface area contributed by atoms with E-state index in [1.54, 1.807) is 18.3 Å². The number of nitrogen functional groups attached to an aromatic ring is 1. The molecule has 2 aromatic rings. The van der Waals surface area contributed by atoms with Crippen molar-refractivity contribution in [3.8, 4) is 0 Å². The normalized spacial score (nSPS) is 21.2. The molecule has 190 valence electrons. The third-order valence-corrected chi connectivity index (χ3v) is 6.65. The summed E-state index contributed by atoms with van der Waals surface area (Å²) in [4.78, 5) is 22.8. The first kappa shape index (κ1) is 23.6. The molecule has 0 bridgehead atoms. The zero-order chi connectivity index (χ0) is 24.2. The number of aromatic nitrogens is 2. The predicted octanol–water partition coefficient (Wildman–Crippen LogP) is 3.12. The number of nitrogens with one attached hydrogen (secondary N) is 4. The fourth-order valence-electron chi connectivity index (χ4n) is 4.84. The molecule has 0 spiro atoms. The van der Waals surface area contributed by atoms with Gasteiger partial charge in [-0.05, 0) is 43.5 Å². The summed E-state index contributed by atoms with van der Waals surface area (Å²) in [6, 6.07) is 7.56. The zero-order valence-electron chi connectivity index (χ0n) is 19.6. The molecule has 34 heavy (non-hydrogen) atoms. The van der Waals surface area contributed by atoms with E-state index in [0.717, 1.165) is 38.0 Å². The molecule has 1 saturated carbocycles. The van der Waals surface area contributed by atoms with Crippen molar-refractivity contribution in [2.75, 3.05) is 30.8 Å². The molecule has 1 aliphatic heterocycles.